The van der Waals surface area contributed by atoms with Crippen molar-refractivity contribution >= 4 is 17.6 Å². The first-order valence-electron chi connectivity index (χ1n) is 9.53. The minimum atomic E-state index is -0.936. The average Bonchev–Trinajstić information content (AvgIpc) is 3.30. The van der Waals surface area contributed by atoms with Gasteiger partial charge in [0, 0.05) is 12.2 Å². The van der Waals surface area contributed by atoms with Crippen molar-refractivity contribution < 1.29 is 23.5 Å². The number of ether oxygens (including phenoxy) is 2. The van der Waals surface area contributed by atoms with Gasteiger partial charge in [0.2, 0.25) is 0 Å². The summed E-state index contributed by atoms with van der Waals surface area (Å²) in [5.74, 6) is 0.529. The molecule has 0 saturated heterocycles. The smallest absolute Gasteiger partial charge is 0.341 e. The van der Waals surface area contributed by atoms with Crippen molar-refractivity contribution in [2.45, 2.75) is 26.1 Å². The highest BCUT2D eigenvalue weighted by atomic mass is 16.5. The molecule has 30 heavy (non-hydrogen) atoms. The van der Waals surface area contributed by atoms with E-state index in [0.717, 1.165) is 17.1 Å². The number of carbonyl (C=O) groups is 2. The molecule has 0 saturated carbocycles. The number of rotatable bonds is 9. The van der Waals surface area contributed by atoms with Crippen LogP contribution in [0.15, 0.2) is 71.3 Å². The summed E-state index contributed by atoms with van der Waals surface area (Å²) in [5, 5.41) is 5.92. The Bertz CT molecular complexity index is 968. The number of para-hydroxylation sites is 1. The van der Waals surface area contributed by atoms with Crippen LogP contribution in [0.5, 0.6) is 5.75 Å². The lowest BCUT2D eigenvalue weighted by Gasteiger charge is -2.15. The SMILES string of the molecule is COc1ccc(CNC(=O)[C@@H](C)OC(=O)c2ccccc2NCc2ccco2)cc1. The molecule has 0 aliphatic heterocycles. The third kappa shape index (κ3) is 5.64. The molecule has 2 N–H and O–H groups in total. The van der Waals surface area contributed by atoms with Gasteiger partial charge in [-0.15, -0.1) is 0 Å². The van der Waals surface area contributed by atoms with Crippen LogP contribution in [0.4, 0.5) is 5.69 Å². The number of methoxy groups -OCH3 is 1. The molecule has 1 atom stereocenters. The fourth-order valence-corrected chi connectivity index (χ4v) is 2.76. The Kier molecular flexibility index (Phi) is 7.10. The van der Waals surface area contributed by atoms with Gasteiger partial charge in [0.1, 0.15) is 11.5 Å². The molecule has 0 spiro atoms. The van der Waals surface area contributed by atoms with Crippen molar-refractivity contribution in [2.75, 3.05) is 12.4 Å². The first-order valence-corrected chi connectivity index (χ1v) is 9.53. The quantitative estimate of drug-likeness (QED) is 0.524. The van der Waals surface area contributed by atoms with Gasteiger partial charge in [-0.05, 0) is 48.9 Å². The van der Waals surface area contributed by atoms with E-state index in [1.807, 2.05) is 36.4 Å². The fraction of sp³-hybridized carbons (Fsp3) is 0.217. The number of amides is 1. The van der Waals surface area contributed by atoms with Crippen LogP contribution in [-0.4, -0.2) is 25.1 Å². The Balaban J connectivity index is 1.54. The van der Waals surface area contributed by atoms with Crippen molar-refractivity contribution in [3.05, 3.63) is 83.8 Å². The van der Waals surface area contributed by atoms with Gasteiger partial charge in [0.25, 0.3) is 5.91 Å². The summed E-state index contributed by atoms with van der Waals surface area (Å²) in [5.41, 5.74) is 1.86. The van der Waals surface area contributed by atoms with Crippen LogP contribution >= 0.6 is 0 Å². The molecule has 0 aliphatic carbocycles. The van der Waals surface area contributed by atoms with Gasteiger partial charge in [-0.25, -0.2) is 4.79 Å². The van der Waals surface area contributed by atoms with E-state index in [0.29, 0.717) is 24.3 Å². The molecule has 7 nitrogen and oxygen atoms in total. The monoisotopic (exact) mass is 408 g/mol. The van der Waals surface area contributed by atoms with Crippen LogP contribution in [0.1, 0.15) is 28.6 Å². The molecule has 1 amide bonds. The number of furan rings is 1. The molecule has 1 aromatic heterocycles. The number of hydrogen-bond donors (Lipinski definition) is 2. The number of hydrogen-bond acceptors (Lipinski definition) is 6. The second-order valence-electron chi connectivity index (χ2n) is 6.59. The third-order valence-electron chi connectivity index (χ3n) is 4.46. The van der Waals surface area contributed by atoms with Gasteiger partial charge < -0.3 is 24.5 Å². The summed E-state index contributed by atoms with van der Waals surface area (Å²) in [7, 11) is 1.59. The Morgan fingerprint density at radius 1 is 1.00 bits per heavy atom. The zero-order chi connectivity index (χ0) is 21.3. The lowest BCUT2D eigenvalue weighted by atomic mass is 10.1. The molecular formula is C23H24N2O5. The fourth-order valence-electron chi connectivity index (χ4n) is 2.76. The van der Waals surface area contributed by atoms with Crippen LogP contribution in [-0.2, 0) is 22.6 Å². The average molecular weight is 408 g/mol. The van der Waals surface area contributed by atoms with E-state index in [4.69, 9.17) is 13.9 Å². The van der Waals surface area contributed by atoms with Crippen LogP contribution < -0.4 is 15.4 Å². The summed E-state index contributed by atoms with van der Waals surface area (Å²) in [6, 6.07) is 18.0. The van der Waals surface area contributed by atoms with Gasteiger partial charge >= 0.3 is 5.97 Å². The van der Waals surface area contributed by atoms with Crippen molar-refractivity contribution in [1.29, 1.82) is 0 Å². The second kappa shape index (κ2) is 10.2. The summed E-state index contributed by atoms with van der Waals surface area (Å²) < 4.78 is 15.8. The molecule has 0 unspecified atom stereocenters. The number of benzene rings is 2. The van der Waals surface area contributed by atoms with E-state index in [9.17, 15) is 9.59 Å². The van der Waals surface area contributed by atoms with Gasteiger partial charge in [0.15, 0.2) is 6.10 Å². The normalized spacial score (nSPS) is 11.4. The minimum Gasteiger partial charge on any atom is -0.497 e. The number of carbonyl (C=O) groups excluding carboxylic acids is 2. The predicted octanol–water partition coefficient (Wildman–Crippen LogP) is 3.76. The van der Waals surface area contributed by atoms with Crippen molar-refractivity contribution in [2.24, 2.45) is 0 Å². The third-order valence-corrected chi connectivity index (χ3v) is 4.46. The topological polar surface area (TPSA) is 89.8 Å². The highest BCUT2D eigenvalue weighted by Crippen LogP contribution is 2.18. The van der Waals surface area contributed by atoms with E-state index in [2.05, 4.69) is 10.6 Å². The second-order valence-corrected chi connectivity index (χ2v) is 6.59. The van der Waals surface area contributed by atoms with Gasteiger partial charge in [-0.1, -0.05) is 24.3 Å². The molecule has 2 aromatic carbocycles. The van der Waals surface area contributed by atoms with E-state index in [-0.39, 0.29) is 5.91 Å². The number of nitrogens with one attached hydrogen (secondary N) is 2. The number of anilines is 1. The van der Waals surface area contributed by atoms with Gasteiger partial charge in [-0.3, -0.25) is 4.79 Å². The first-order chi connectivity index (χ1) is 14.6. The Morgan fingerprint density at radius 2 is 1.77 bits per heavy atom. The zero-order valence-corrected chi connectivity index (χ0v) is 16.9. The summed E-state index contributed by atoms with van der Waals surface area (Å²) in [4.78, 5) is 24.9. The predicted molar refractivity (Wildman–Crippen MR) is 112 cm³/mol. The molecular weight excluding hydrogens is 384 g/mol. The molecule has 0 fully saturated rings. The Morgan fingerprint density at radius 3 is 2.47 bits per heavy atom. The Hall–Kier alpha value is -3.74. The van der Waals surface area contributed by atoms with E-state index in [1.54, 1.807) is 44.6 Å². The Labute approximate surface area is 175 Å². The van der Waals surface area contributed by atoms with Crippen LogP contribution in [0.3, 0.4) is 0 Å². The molecule has 3 rings (SSSR count). The maximum atomic E-state index is 12.6. The lowest BCUT2D eigenvalue weighted by Crippen LogP contribution is -2.35. The van der Waals surface area contributed by atoms with Crippen LogP contribution in [0, 0.1) is 0 Å². The van der Waals surface area contributed by atoms with Crippen molar-refractivity contribution in [3.63, 3.8) is 0 Å². The first kappa shape index (κ1) is 21.0. The lowest BCUT2D eigenvalue weighted by molar-refractivity contribution is -0.129. The maximum Gasteiger partial charge on any atom is 0.341 e. The maximum absolute atomic E-state index is 12.6. The number of esters is 1. The van der Waals surface area contributed by atoms with E-state index < -0.39 is 12.1 Å². The van der Waals surface area contributed by atoms with E-state index in [1.165, 1.54) is 0 Å². The van der Waals surface area contributed by atoms with Gasteiger partial charge in [-0.2, -0.15) is 0 Å². The van der Waals surface area contributed by atoms with Crippen molar-refractivity contribution in [1.82, 2.24) is 5.32 Å². The van der Waals surface area contributed by atoms with Crippen LogP contribution in [0.2, 0.25) is 0 Å². The molecule has 3 aromatic rings. The molecule has 156 valence electrons. The molecule has 0 aliphatic rings. The van der Waals surface area contributed by atoms with E-state index >= 15 is 0 Å². The molecule has 0 bridgehead atoms. The molecule has 7 heteroatoms. The molecule has 0 radical (unpaired) electrons. The largest absolute Gasteiger partial charge is 0.497 e. The summed E-state index contributed by atoms with van der Waals surface area (Å²) in [6.07, 6.45) is 0.650. The standard InChI is InChI=1S/C23H24N2O5/c1-16(22(26)25-14-17-9-11-18(28-2)12-10-17)30-23(27)20-7-3-4-8-21(20)24-15-19-6-5-13-29-19/h3-13,16,24H,14-15H2,1-2H3,(H,25,26)/t16-/m1/s1. The highest BCUT2D eigenvalue weighted by Gasteiger charge is 2.20. The summed E-state index contributed by atoms with van der Waals surface area (Å²) in [6.45, 7) is 2.29. The summed E-state index contributed by atoms with van der Waals surface area (Å²) >= 11 is 0. The van der Waals surface area contributed by atoms with Gasteiger partial charge in [0.05, 0.1) is 25.5 Å². The van der Waals surface area contributed by atoms with Crippen LogP contribution in [0.25, 0.3) is 0 Å². The highest BCUT2D eigenvalue weighted by molar-refractivity contribution is 5.97. The van der Waals surface area contributed by atoms with Crippen molar-refractivity contribution in [3.8, 4) is 5.75 Å². The zero-order valence-electron chi connectivity index (χ0n) is 16.9. The molecule has 1 heterocycles. The minimum absolute atomic E-state index is 0.325.